The lowest BCUT2D eigenvalue weighted by atomic mass is 10.2. The second kappa shape index (κ2) is 4.40. The van der Waals surface area contributed by atoms with Crippen LogP contribution in [-0.2, 0) is 11.2 Å². The number of aryl methyl sites for hydroxylation is 2. The van der Waals surface area contributed by atoms with Crippen LogP contribution in [0.4, 0.5) is 0 Å². The highest BCUT2D eigenvalue weighted by molar-refractivity contribution is 5.34. The molecule has 2 heterocycles. The monoisotopic (exact) mass is 205 g/mol. The lowest BCUT2D eigenvalue weighted by molar-refractivity contribution is 0.195. The van der Waals surface area contributed by atoms with Crippen LogP contribution in [0.5, 0.6) is 0 Å². The number of fused-ring (bicyclic) bond motifs is 1. The van der Waals surface area contributed by atoms with E-state index in [-0.39, 0.29) is 0 Å². The van der Waals surface area contributed by atoms with Crippen molar-refractivity contribution in [3.63, 3.8) is 0 Å². The molecule has 0 aliphatic heterocycles. The molecule has 0 unspecified atom stereocenters. The number of nitrogens with zero attached hydrogens (tertiary/aromatic N) is 3. The number of methoxy groups -OCH3 is 1. The summed E-state index contributed by atoms with van der Waals surface area (Å²) in [5.41, 5.74) is 2.29. The van der Waals surface area contributed by atoms with Crippen molar-refractivity contribution in [2.24, 2.45) is 0 Å². The quantitative estimate of drug-likeness (QED) is 0.712. The molecular weight excluding hydrogens is 190 g/mol. The van der Waals surface area contributed by atoms with Crippen molar-refractivity contribution in [3.8, 4) is 0 Å². The van der Waals surface area contributed by atoms with Crippen molar-refractivity contribution >= 4 is 5.78 Å². The Morgan fingerprint density at radius 3 is 3.13 bits per heavy atom. The lowest BCUT2D eigenvalue weighted by Crippen LogP contribution is -1.98. The third-order valence-electron chi connectivity index (χ3n) is 2.46. The first-order valence-electron chi connectivity index (χ1n) is 5.10. The van der Waals surface area contributed by atoms with Crippen molar-refractivity contribution in [2.45, 2.75) is 19.8 Å². The zero-order valence-electron chi connectivity index (χ0n) is 9.10. The highest BCUT2D eigenvalue weighted by Crippen LogP contribution is 2.11. The van der Waals surface area contributed by atoms with Crippen LogP contribution in [0, 0.1) is 6.92 Å². The molecule has 15 heavy (non-hydrogen) atoms. The van der Waals surface area contributed by atoms with Gasteiger partial charge in [0.25, 0.3) is 0 Å². The topological polar surface area (TPSA) is 39.4 Å². The van der Waals surface area contributed by atoms with E-state index in [1.165, 1.54) is 5.69 Å². The van der Waals surface area contributed by atoms with E-state index in [0.717, 1.165) is 30.9 Å². The fraction of sp³-hybridized carbons (Fsp3) is 0.455. The van der Waals surface area contributed by atoms with Gasteiger partial charge in [-0.25, -0.2) is 9.97 Å². The molecule has 0 bridgehead atoms. The first kappa shape index (κ1) is 10.1. The molecule has 0 spiro atoms. The first-order valence-corrected chi connectivity index (χ1v) is 5.10. The maximum Gasteiger partial charge on any atom is 0.234 e. The molecule has 2 aromatic heterocycles. The molecular formula is C11H15N3O. The van der Waals surface area contributed by atoms with Crippen LogP contribution in [-0.4, -0.2) is 28.1 Å². The zero-order valence-corrected chi connectivity index (χ0v) is 9.10. The number of imidazole rings is 1. The number of hydrogen-bond donors (Lipinski definition) is 0. The Balaban J connectivity index is 2.28. The number of hydrogen-bond acceptors (Lipinski definition) is 3. The van der Waals surface area contributed by atoms with E-state index in [0.29, 0.717) is 0 Å². The summed E-state index contributed by atoms with van der Waals surface area (Å²) in [7, 11) is 1.73. The molecule has 0 aliphatic carbocycles. The Kier molecular flexibility index (Phi) is 2.97. The van der Waals surface area contributed by atoms with Crippen LogP contribution in [0.15, 0.2) is 18.5 Å². The molecule has 0 N–H and O–H groups in total. The van der Waals surface area contributed by atoms with Gasteiger partial charge in [0.05, 0.1) is 5.69 Å². The van der Waals surface area contributed by atoms with Gasteiger partial charge in [0.1, 0.15) is 0 Å². The van der Waals surface area contributed by atoms with Gasteiger partial charge >= 0.3 is 0 Å². The summed E-state index contributed by atoms with van der Waals surface area (Å²) in [5, 5.41) is 0. The maximum absolute atomic E-state index is 5.05. The second-order valence-electron chi connectivity index (χ2n) is 3.53. The van der Waals surface area contributed by atoms with Crippen LogP contribution in [0.2, 0.25) is 0 Å². The lowest BCUT2D eigenvalue weighted by Gasteiger charge is -2.01. The predicted molar refractivity (Wildman–Crippen MR) is 57.9 cm³/mol. The summed E-state index contributed by atoms with van der Waals surface area (Å²) >= 11 is 0. The maximum atomic E-state index is 5.05. The molecule has 4 heteroatoms. The van der Waals surface area contributed by atoms with Crippen LogP contribution in [0.1, 0.15) is 17.8 Å². The normalized spacial score (nSPS) is 11.1. The summed E-state index contributed by atoms with van der Waals surface area (Å²) < 4.78 is 7.09. The minimum absolute atomic E-state index is 0.780. The number of ether oxygens (including phenoxy) is 1. The van der Waals surface area contributed by atoms with Gasteiger partial charge in [-0.05, 0) is 25.8 Å². The summed E-state index contributed by atoms with van der Waals surface area (Å²) in [6.45, 7) is 2.81. The third kappa shape index (κ3) is 1.99. The molecule has 0 radical (unpaired) electrons. The largest absolute Gasteiger partial charge is 0.385 e. The molecule has 0 aromatic carbocycles. The van der Waals surface area contributed by atoms with E-state index in [2.05, 4.69) is 9.97 Å². The Morgan fingerprint density at radius 2 is 2.33 bits per heavy atom. The minimum Gasteiger partial charge on any atom is -0.385 e. The van der Waals surface area contributed by atoms with E-state index in [9.17, 15) is 0 Å². The average Bonchev–Trinajstić information content (AvgIpc) is 2.56. The van der Waals surface area contributed by atoms with Crippen molar-refractivity contribution in [1.29, 1.82) is 0 Å². The highest BCUT2D eigenvalue weighted by Gasteiger charge is 2.07. The zero-order chi connectivity index (χ0) is 10.7. The SMILES string of the molecule is COCCCc1c(C)nc2ncccn12. The highest BCUT2D eigenvalue weighted by atomic mass is 16.5. The molecule has 0 fully saturated rings. The molecule has 0 saturated heterocycles. The molecule has 2 rings (SSSR count). The van der Waals surface area contributed by atoms with Crippen molar-refractivity contribution in [2.75, 3.05) is 13.7 Å². The molecule has 80 valence electrons. The standard InChI is InChI=1S/C11H15N3O/c1-9-10(5-3-8-15-2)14-7-4-6-12-11(14)13-9/h4,6-7H,3,5,8H2,1-2H3. The van der Waals surface area contributed by atoms with Crippen LogP contribution in [0.25, 0.3) is 5.78 Å². The fourth-order valence-electron chi connectivity index (χ4n) is 1.73. The Labute approximate surface area is 88.9 Å². The molecule has 2 aromatic rings. The molecule has 4 nitrogen and oxygen atoms in total. The summed E-state index contributed by atoms with van der Waals surface area (Å²) in [4.78, 5) is 8.61. The van der Waals surface area contributed by atoms with Crippen molar-refractivity contribution in [3.05, 3.63) is 29.8 Å². The molecule has 0 aliphatic rings. The van der Waals surface area contributed by atoms with E-state index in [4.69, 9.17) is 4.74 Å². The van der Waals surface area contributed by atoms with Crippen LogP contribution in [0.3, 0.4) is 0 Å². The van der Waals surface area contributed by atoms with Gasteiger partial charge < -0.3 is 4.74 Å². The predicted octanol–water partition coefficient (Wildman–Crippen LogP) is 1.62. The van der Waals surface area contributed by atoms with E-state index in [1.54, 1.807) is 13.3 Å². The van der Waals surface area contributed by atoms with Gasteiger partial charge in [0.15, 0.2) is 0 Å². The van der Waals surface area contributed by atoms with Crippen LogP contribution >= 0.6 is 0 Å². The second-order valence-corrected chi connectivity index (χ2v) is 3.53. The summed E-state index contributed by atoms with van der Waals surface area (Å²) in [5.74, 6) is 0.780. The average molecular weight is 205 g/mol. The van der Waals surface area contributed by atoms with Gasteiger partial charge in [-0.15, -0.1) is 0 Å². The Morgan fingerprint density at radius 1 is 1.47 bits per heavy atom. The van der Waals surface area contributed by atoms with E-state index >= 15 is 0 Å². The molecule has 0 atom stereocenters. The molecule has 0 amide bonds. The van der Waals surface area contributed by atoms with Gasteiger partial charge in [0, 0.05) is 31.8 Å². The Hall–Kier alpha value is -1.42. The van der Waals surface area contributed by atoms with Gasteiger partial charge in [-0.1, -0.05) is 0 Å². The van der Waals surface area contributed by atoms with E-state index in [1.807, 2.05) is 23.6 Å². The smallest absolute Gasteiger partial charge is 0.234 e. The van der Waals surface area contributed by atoms with E-state index < -0.39 is 0 Å². The minimum atomic E-state index is 0.780. The third-order valence-corrected chi connectivity index (χ3v) is 2.46. The van der Waals surface area contributed by atoms with Gasteiger partial charge in [-0.2, -0.15) is 0 Å². The number of rotatable bonds is 4. The van der Waals surface area contributed by atoms with Crippen LogP contribution < -0.4 is 0 Å². The van der Waals surface area contributed by atoms with Crippen molar-refractivity contribution < 1.29 is 4.74 Å². The molecule has 0 saturated carbocycles. The fourth-order valence-corrected chi connectivity index (χ4v) is 1.73. The van der Waals surface area contributed by atoms with Gasteiger partial charge in [0.2, 0.25) is 5.78 Å². The Bertz CT molecular complexity index is 450. The summed E-state index contributed by atoms with van der Waals surface area (Å²) in [6.07, 6.45) is 5.76. The van der Waals surface area contributed by atoms with Crippen molar-refractivity contribution in [1.82, 2.24) is 14.4 Å². The summed E-state index contributed by atoms with van der Waals surface area (Å²) in [6, 6.07) is 1.92. The number of aromatic nitrogens is 3. The van der Waals surface area contributed by atoms with Gasteiger partial charge in [-0.3, -0.25) is 4.40 Å². The first-order chi connectivity index (χ1) is 7.33.